The number of halogens is 2. The van der Waals surface area contributed by atoms with E-state index in [4.69, 9.17) is 27.9 Å². The van der Waals surface area contributed by atoms with E-state index in [0.29, 0.717) is 10.0 Å². The van der Waals surface area contributed by atoms with Crippen LogP contribution in [0, 0.1) is 6.92 Å². The molecule has 0 aliphatic rings. The van der Waals surface area contributed by atoms with Crippen LogP contribution in [0.25, 0.3) is 0 Å². The van der Waals surface area contributed by atoms with Crippen molar-refractivity contribution in [3.63, 3.8) is 0 Å². The van der Waals surface area contributed by atoms with Crippen LogP contribution in [0.5, 0.6) is 5.75 Å². The van der Waals surface area contributed by atoms with Crippen LogP contribution in [0.1, 0.15) is 24.1 Å². The lowest BCUT2D eigenvalue weighted by Crippen LogP contribution is -2.08. The molecular weight excluding hydrogens is 293 g/mol. The fraction of sp³-hybridized carbons (Fsp3) is 0.250. The predicted molar refractivity (Wildman–Crippen MR) is 86.2 cm³/mol. The predicted octanol–water partition coefficient (Wildman–Crippen LogP) is 5.48. The highest BCUT2D eigenvalue weighted by molar-refractivity contribution is 6.42. The number of benzene rings is 2. The summed E-state index contributed by atoms with van der Waals surface area (Å²) < 4.78 is 5.40. The minimum atomic E-state index is 0.0257. The van der Waals surface area contributed by atoms with Crippen molar-refractivity contribution in [2.75, 3.05) is 12.4 Å². The number of hydrogen-bond acceptors (Lipinski definition) is 2. The van der Waals surface area contributed by atoms with Gasteiger partial charge in [0.1, 0.15) is 5.75 Å². The number of aryl methyl sites for hydroxylation is 1. The Bertz CT molecular complexity index is 613. The van der Waals surface area contributed by atoms with Gasteiger partial charge < -0.3 is 10.1 Å². The number of anilines is 1. The van der Waals surface area contributed by atoms with Gasteiger partial charge in [-0.2, -0.15) is 0 Å². The second-order valence-corrected chi connectivity index (χ2v) is 5.50. The summed E-state index contributed by atoms with van der Waals surface area (Å²) in [6.07, 6.45) is 0. The second-order valence-electron chi connectivity index (χ2n) is 4.71. The fourth-order valence-corrected chi connectivity index (χ4v) is 2.56. The lowest BCUT2D eigenvalue weighted by atomic mass is 10.1. The molecule has 0 amide bonds. The van der Waals surface area contributed by atoms with Gasteiger partial charge in [-0.05, 0) is 43.2 Å². The third kappa shape index (κ3) is 3.20. The minimum Gasteiger partial charge on any atom is -0.495 e. The Labute approximate surface area is 129 Å². The SMILES string of the molecule is COc1cc(C)ccc1NC(C)c1cccc(Cl)c1Cl. The van der Waals surface area contributed by atoms with Crippen molar-refractivity contribution in [2.45, 2.75) is 19.9 Å². The Balaban J connectivity index is 2.28. The first-order valence-corrected chi connectivity index (χ1v) is 7.13. The molecule has 106 valence electrons. The topological polar surface area (TPSA) is 21.3 Å². The zero-order valence-electron chi connectivity index (χ0n) is 11.7. The summed E-state index contributed by atoms with van der Waals surface area (Å²) in [7, 11) is 1.66. The number of hydrogen-bond donors (Lipinski definition) is 1. The molecule has 4 heteroatoms. The molecule has 0 saturated carbocycles. The molecule has 0 bridgehead atoms. The van der Waals surface area contributed by atoms with Gasteiger partial charge in [-0.1, -0.05) is 41.4 Å². The Morgan fingerprint density at radius 3 is 2.60 bits per heavy atom. The van der Waals surface area contributed by atoms with Crippen molar-refractivity contribution >= 4 is 28.9 Å². The molecule has 0 spiro atoms. The summed E-state index contributed by atoms with van der Waals surface area (Å²) in [6, 6.07) is 11.7. The van der Waals surface area contributed by atoms with Gasteiger partial charge >= 0.3 is 0 Å². The summed E-state index contributed by atoms with van der Waals surface area (Å²) in [5.74, 6) is 0.815. The molecule has 0 aliphatic carbocycles. The van der Waals surface area contributed by atoms with E-state index >= 15 is 0 Å². The van der Waals surface area contributed by atoms with Crippen LogP contribution in [0.15, 0.2) is 36.4 Å². The minimum absolute atomic E-state index is 0.0257. The summed E-state index contributed by atoms with van der Waals surface area (Å²) in [4.78, 5) is 0. The van der Waals surface area contributed by atoms with E-state index in [1.807, 2.05) is 44.2 Å². The maximum absolute atomic E-state index is 6.25. The molecule has 0 radical (unpaired) electrons. The lowest BCUT2D eigenvalue weighted by molar-refractivity contribution is 0.416. The van der Waals surface area contributed by atoms with Crippen LogP contribution in [0.2, 0.25) is 10.0 Å². The molecule has 1 atom stereocenters. The first-order valence-electron chi connectivity index (χ1n) is 6.38. The molecule has 20 heavy (non-hydrogen) atoms. The maximum Gasteiger partial charge on any atom is 0.142 e. The Morgan fingerprint density at radius 2 is 1.90 bits per heavy atom. The molecule has 2 nitrogen and oxygen atoms in total. The normalized spacial score (nSPS) is 12.1. The smallest absolute Gasteiger partial charge is 0.142 e. The van der Waals surface area contributed by atoms with Gasteiger partial charge in [-0.3, -0.25) is 0 Å². The quantitative estimate of drug-likeness (QED) is 0.807. The summed E-state index contributed by atoms with van der Waals surface area (Å²) in [5.41, 5.74) is 3.05. The van der Waals surface area contributed by atoms with Crippen LogP contribution in [-0.2, 0) is 0 Å². The van der Waals surface area contributed by atoms with E-state index in [9.17, 15) is 0 Å². The molecule has 2 rings (SSSR count). The lowest BCUT2D eigenvalue weighted by Gasteiger charge is -2.19. The molecule has 0 fully saturated rings. The third-order valence-electron chi connectivity index (χ3n) is 3.18. The number of nitrogens with one attached hydrogen (secondary N) is 1. The number of methoxy groups -OCH3 is 1. The van der Waals surface area contributed by atoms with E-state index in [2.05, 4.69) is 5.32 Å². The van der Waals surface area contributed by atoms with Crippen molar-refractivity contribution in [1.82, 2.24) is 0 Å². The van der Waals surface area contributed by atoms with E-state index < -0.39 is 0 Å². The molecule has 2 aromatic rings. The van der Waals surface area contributed by atoms with Gasteiger partial charge in [0.15, 0.2) is 0 Å². The molecule has 1 N–H and O–H groups in total. The van der Waals surface area contributed by atoms with Crippen molar-refractivity contribution in [1.29, 1.82) is 0 Å². The molecule has 2 aromatic carbocycles. The van der Waals surface area contributed by atoms with Crippen molar-refractivity contribution in [3.05, 3.63) is 57.6 Å². The van der Waals surface area contributed by atoms with Gasteiger partial charge in [-0.25, -0.2) is 0 Å². The van der Waals surface area contributed by atoms with Gasteiger partial charge in [0.05, 0.1) is 28.9 Å². The van der Waals surface area contributed by atoms with Gasteiger partial charge in [0.25, 0.3) is 0 Å². The molecular formula is C16H17Cl2NO. The Hall–Kier alpha value is -1.38. The monoisotopic (exact) mass is 309 g/mol. The second kappa shape index (κ2) is 6.38. The third-order valence-corrected chi connectivity index (χ3v) is 4.01. The van der Waals surface area contributed by atoms with Crippen LogP contribution in [-0.4, -0.2) is 7.11 Å². The van der Waals surface area contributed by atoms with Crippen molar-refractivity contribution in [2.24, 2.45) is 0 Å². The van der Waals surface area contributed by atoms with Gasteiger partial charge in [0, 0.05) is 0 Å². The van der Waals surface area contributed by atoms with Gasteiger partial charge in [-0.15, -0.1) is 0 Å². The van der Waals surface area contributed by atoms with Crippen LogP contribution >= 0.6 is 23.2 Å². The van der Waals surface area contributed by atoms with Crippen molar-refractivity contribution in [3.8, 4) is 5.75 Å². The zero-order valence-corrected chi connectivity index (χ0v) is 13.2. The van der Waals surface area contributed by atoms with E-state index in [0.717, 1.165) is 22.6 Å². The van der Waals surface area contributed by atoms with Crippen molar-refractivity contribution < 1.29 is 4.74 Å². The summed E-state index contributed by atoms with van der Waals surface area (Å²) >= 11 is 12.3. The highest BCUT2D eigenvalue weighted by Crippen LogP contribution is 2.34. The summed E-state index contributed by atoms with van der Waals surface area (Å²) in [5, 5.41) is 4.55. The van der Waals surface area contributed by atoms with E-state index in [1.54, 1.807) is 13.2 Å². The Kier molecular flexibility index (Phi) is 4.79. The molecule has 0 aromatic heterocycles. The number of ether oxygens (including phenoxy) is 1. The van der Waals surface area contributed by atoms with E-state index in [1.165, 1.54) is 0 Å². The van der Waals surface area contributed by atoms with E-state index in [-0.39, 0.29) is 6.04 Å². The maximum atomic E-state index is 6.25. The highest BCUT2D eigenvalue weighted by atomic mass is 35.5. The fourth-order valence-electron chi connectivity index (χ4n) is 2.08. The largest absolute Gasteiger partial charge is 0.495 e. The summed E-state index contributed by atoms with van der Waals surface area (Å²) in [6.45, 7) is 4.07. The average Bonchev–Trinajstić information content (AvgIpc) is 2.43. The first kappa shape index (κ1) is 15.0. The highest BCUT2D eigenvalue weighted by Gasteiger charge is 2.13. The zero-order chi connectivity index (χ0) is 14.7. The van der Waals surface area contributed by atoms with Crippen LogP contribution < -0.4 is 10.1 Å². The van der Waals surface area contributed by atoms with Gasteiger partial charge in [0.2, 0.25) is 0 Å². The van der Waals surface area contributed by atoms with Crippen LogP contribution in [0.3, 0.4) is 0 Å². The first-order chi connectivity index (χ1) is 9.52. The standard InChI is InChI=1S/C16H17Cl2NO/c1-10-7-8-14(15(9-10)20-3)19-11(2)12-5-4-6-13(17)16(12)18/h4-9,11,19H,1-3H3. The molecule has 0 heterocycles. The average molecular weight is 310 g/mol. The molecule has 0 saturated heterocycles. The Morgan fingerprint density at radius 1 is 1.15 bits per heavy atom. The van der Waals surface area contributed by atoms with Crippen LogP contribution in [0.4, 0.5) is 5.69 Å². The molecule has 0 aliphatic heterocycles. The number of rotatable bonds is 4. The molecule has 1 unspecified atom stereocenters.